The van der Waals surface area contributed by atoms with Crippen LogP contribution in [0, 0.1) is 0 Å². The number of likely N-dealkylation sites (N-methyl/N-ethyl adjacent to an activating group) is 1. The first-order valence-electron chi connectivity index (χ1n) is 15.3. The van der Waals surface area contributed by atoms with Crippen molar-refractivity contribution in [2.24, 2.45) is 0 Å². The SMILES string of the molecule is CCCCCCCCCCOCC(COP(=O)(O)OCC[N+](C)(C)C)OC(=O)CCCCCCCCCC. The summed E-state index contributed by atoms with van der Waals surface area (Å²) in [5, 5.41) is 0. The first kappa shape index (κ1) is 37.5. The molecule has 2 unspecified atom stereocenters. The Bertz CT molecular complexity index is 598. The molecule has 0 aliphatic rings. The molecule has 0 saturated heterocycles. The van der Waals surface area contributed by atoms with Gasteiger partial charge in [0.05, 0.1) is 34.4 Å². The maximum atomic E-state index is 12.4. The van der Waals surface area contributed by atoms with Gasteiger partial charge in [-0.25, -0.2) is 4.57 Å². The Kier molecular flexibility index (Phi) is 24.0. The molecule has 0 bridgehead atoms. The third-order valence-electron chi connectivity index (χ3n) is 6.42. The van der Waals surface area contributed by atoms with Gasteiger partial charge >= 0.3 is 13.8 Å². The lowest BCUT2D eigenvalue weighted by atomic mass is 10.1. The highest BCUT2D eigenvalue weighted by atomic mass is 31.2. The van der Waals surface area contributed by atoms with Gasteiger partial charge in [0, 0.05) is 13.0 Å². The fourth-order valence-corrected chi connectivity index (χ4v) is 4.70. The summed E-state index contributed by atoms with van der Waals surface area (Å²) in [6, 6.07) is 0. The molecule has 38 heavy (non-hydrogen) atoms. The predicted octanol–water partition coefficient (Wildman–Crippen LogP) is 7.43. The molecule has 0 aliphatic heterocycles. The van der Waals surface area contributed by atoms with Crippen molar-refractivity contribution in [2.45, 2.75) is 129 Å². The number of hydrogen-bond acceptors (Lipinski definition) is 6. The summed E-state index contributed by atoms with van der Waals surface area (Å²) in [6.07, 6.45) is 18.5. The van der Waals surface area contributed by atoms with Gasteiger partial charge in [-0.05, 0) is 12.8 Å². The Morgan fingerprint density at radius 3 is 1.74 bits per heavy atom. The lowest BCUT2D eigenvalue weighted by molar-refractivity contribution is -0.870. The molecule has 1 N–H and O–H groups in total. The quantitative estimate of drug-likeness (QED) is 0.0456. The second-order valence-corrected chi connectivity index (χ2v) is 13.0. The minimum absolute atomic E-state index is 0.0924. The van der Waals surface area contributed by atoms with Gasteiger partial charge in [0.25, 0.3) is 0 Å². The first-order valence-corrected chi connectivity index (χ1v) is 16.8. The standard InChI is InChI=1S/C29H60NO7P/c1-6-8-10-12-14-16-18-20-22-29(31)37-28(26-34-24-21-19-17-15-13-11-9-7-2)27-36-38(32,33)35-25-23-30(3,4)5/h28H,6-27H2,1-5H3/p+1. The molecule has 0 aromatic rings. The number of carbonyl (C=O) groups is 1. The van der Waals surface area contributed by atoms with E-state index >= 15 is 0 Å². The first-order chi connectivity index (χ1) is 18.1. The summed E-state index contributed by atoms with van der Waals surface area (Å²) in [4.78, 5) is 22.5. The molecular formula is C29H61NO7P+. The summed E-state index contributed by atoms with van der Waals surface area (Å²) in [6.45, 7) is 5.56. The highest BCUT2D eigenvalue weighted by molar-refractivity contribution is 7.47. The molecule has 0 spiro atoms. The van der Waals surface area contributed by atoms with Gasteiger partial charge < -0.3 is 18.9 Å². The zero-order chi connectivity index (χ0) is 28.5. The van der Waals surface area contributed by atoms with E-state index in [4.69, 9.17) is 18.5 Å². The van der Waals surface area contributed by atoms with Crippen LogP contribution < -0.4 is 0 Å². The number of phosphoric acid groups is 1. The number of quaternary nitrogens is 1. The molecule has 0 aromatic heterocycles. The number of nitrogens with zero attached hydrogens (tertiary/aromatic N) is 1. The molecule has 0 fully saturated rings. The lowest BCUT2D eigenvalue weighted by Crippen LogP contribution is -2.37. The molecule has 0 aromatic carbocycles. The van der Waals surface area contributed by atoms with E-state index in [0.717, 1.165) is 32.1 Å². The normalized spacial score (nSPS) is 14.4. The Labute approximate surface area is 234 Å². The van der Waals surface area contributed by atoms with Crippen molar-refractivity contribution < 1.29 is 37.3 Å². The van der Waals surface area contributed by atoms with Crippen LogP contribution in [0.1, 0.15) is 123 Å². The van der Waals surface area contributed by atoms with E-state index in [-0.39, 0.29) is 25.8 Å². The Morgan fingerprint density at radius 2 is 1.21 bits per heavy atom. The zero-order valence-electron chi connectivity index (χ0n) is 25.4. The predicted molar refractivity (Wildman–Crippen MR) is 155 cm³/mol. The van der Waals surface area contributed by atoms with Crippen molar-refractivity contribution in [1.82, 2.24) is 0 Å². The van der Waals surface area contributed by atoms with E-state index in [2.05, 4.69) is 13.8 Å². The van der Waals surface area contributed by atoms with Crippen molar-refractivity contribution in [3.63, 3.8) is 0 Å². The smallest absolute Gasteiger partial charge is 0.457 e. The van der Waals surface area contributed by atoms with Crippen molar-refractivity contribution in [3.05, 3.63) is 0 Å². The third kappa shape index (κ3) is 27.1. The van der Waals surface area contributed by atoms with Crippen LogP contribution in [-0.4, -0.2) is 75.6 Å². The number of hydrogen-bond donors (Lipinski definition) is 1. The Morgan fingerprint density at radius 1 is 0.711 bits per heavy atom. The van der Waals surface area contributed by atoms with Crippen LogP contribution >= 0.6 is 7.82 Å². The van der Waals surface area contributed by atoms with Gasteiger partial charge in [0.1, 0.15) is 19.3 Å². The highest BCUT2D eigenvalue weighted by Crippen LogP contribution is 2.43. The molecule has 0 amide bonds. The molecular weight excluding hydrogens is 505 g/mol. The topological polar surface area (TPSA) is 91.3 Å². The maximum Gasteiger partial charge on any atom is 0.472 e. The second kappa shape index (κ2) is 24.3. The van der Waals surface area contributed by atoms with Crippen LogP contribution in [-0.2, 0) is 27.9 Å². The van der Waals surface area contributed by atoms with E-state index in [1.165, 1.54) is 70.6 Å². The van der Waals surface area contributed by atoms with E-state index < -0.39 is 13.9 Å². The van der Waals surface area contributed by atoms with Crippen molar-refractivity contribution in [1.29, 1.82) is 0 Å². The molecule has 2 atom stereocenters. The molecule has 8 nitrogen and oxygen atoms in total. The Balaban J connectivity index is 4.40. The summed E-state index contributed by atoms with van der Waals surface area (Å²) in [7, 11) is 1.67. The van der Waals surface area contributed by atoms with Gasteiger partial charge in [-0.2, -0.15) is 0 Å². The number of rotatable bonds is 28. The minimum Gasteiger partial charge on any atom is -0.457 e. The lowest BCUT2D eigenvalue weighted by Gasteiger charge is -2.24. The average Bonchev–Trinajstić information content (AvgIpc) is 2.84. The van der Waals surface area contributed by atoms with E-state index in [0.29, 0.717) is 24.1 Å². The number of carbonyl (C=O) groups excluding carboxylic acids is 1. The molecule has 228 valence electrons. The van der Waals surface area contributed by atoms with Crippen LogP contribution in [0.4, 0.5) is 0 Å². The van der Waals surface area contributed by atoms with Gasteiger partial charge in [-0.1, -0.05) is 104 Å². The summed E-state index contributed by atoms with van der Waals surface area (Å²) in [5.74, 6) is -0.320. The van der Waals surface area contributed by atoms with Gasteiger partial charge in [-0.3, -0.25) is 13.8 Å². The van der Waals surface area contributed by atoms with Crippen LogP contribution in [0.5, 0.6) is 0 Å². The molecule has 0 heterocycles. The number of phosphoric ester groups is 1. The van der Waals surface area contributed by atoms with Crippen LogP contribution in [0.25, 0.3) is 0 Å². The summed E-state index contributed by atoms with van der Waals surface area (Å²) in [5.41, 5.74) is 0. The monoisotopic (exact) mass is 566 g/mol. The molecule has 0 radical (unpaired) electrons. The van der Waals surface area contributed by atoms with Crippen molar-refractivity contribution in [2.75, 3.05) is 54.1 Å². The Hall–Kier alpha value is -0.500. The fraction of sp³-hybridized carbons (Fsp3) is 0.966. The largest absolute Gasteiger partial charge is 0.472 e. The van der Waals surface area contributed by atoms with E-state index in [9.17, 15) is 14.3 Å². The molecule has 9 heteroatoms. The minimum atomic E-state index is -4.24. The zero-order valence-corrected chi connectivity index (χ0v) is 26.3. The molecule has 0 saturated carbocycles. The fourth-order valence-electron chi connectivity index (χ4n) is 3.96. The third-order valence-corrected chi connectivity index (χ3v) is 7.40. The summed E-state index contributed by atoms with van der Waals surface area (Å²) < 4.78 is 34.5. The maximum absolute atomic E-state index is 12.4. The van der Waals surface area contributed by atoms with E-state index in [1.54, 1.807) is 0 Å². The van der Waals surface area contributed by atoms with Gasteiger partial charge in [0.15, 0.2) is 0 Å². The average molecular weight is 567 g/mol. The number of unbranched alkanes of at least 4 members (excludes halogenated alkanes) is 14. The van der Waals surface area contributed by atoms with E-state index in [1.807, 2.05) is 21.1 Å². The van der Waals surface area contributed by atoms with Gasteiger partial charge in [0.2, 0.25) is 0 Å². The van der Waals surface area contributed by atoms with Crippen LogP contribution in [0.3, 0.4) is 0 Å². The van der Waals surface area contributed by atoms with Gasteiger partial charge in [-0.15, -0.1) is 0 Å². The molecule has 0 rings (SSSR count). The van der Waals surface area contributed by atoms with Crippen LogP contribution in [0.2, 0.25) is 0 Å². The van der Waals surface area contributed by atoms with Crippen LogP contribution in [0.15, 0.2) is 0 Å². The highest BCUT2D eigenvalue weighted by Gasteiger charge is 2.26. The number of esters is 1. The number of ether oxygens (including phenoxy) is 2. The summed E-state index contributed by atoms with van der Waals surface area (Å²) >= 11 is 0. The van der Waals surface area contributed by atoms with Crippen molar-refractivity contribution in [3.8, 4) is 0 Å². The van der Waals surface area contributed by atoms with Crippen molar-refractivity contribution >= 4 is 13.8 Å². The molecule has 0 aliphatic carbocycles. The second-order valence-electron chi connectivity index (χ2n) is 11.5.